The lowest BCUT2D eigenvalue weighted by Crippen LogP contribution is -2.41. The van der Waals surface area contributed by atoms with E-state index in [1.165, 1.54) is 0 Å². The summed E-state index contributed by atoms with van der Waals surface area (Å²) in [6.45, 7) is 2.50. The molecule has 1 aliphatic rings. The molecule has 0 spiro atoms. The second-order valence-corrected chi connectivity index (χ2v) is 5.46. The van der Waals surface area contributed by atoms with Crippen LogP contribution in [0, 0.1) is 0 Å². The summed E-state index contributed by atoms with van der Waals surface area (Å²) < 4.78 is 7.64. The van der Waals surface area contributed by atoms with E-state index in [2.05, 4.69) is 26.8 Å². The topological polar surface area (TPSA) is 63.0 Å². The number of imidazole rings is 1. The molecule has 2 aromatic heterocycles. The van der Waals surface area contributed by atoms with Crippen molar-refractivity contribution in [3.8, 4) is 0 Å². The van der Waals surface area contributed by atoms with Crippen molar-refractivity contribution in [2.45, 2.75) is 25.4 Å². The predicted molar refractivity (Wildman–Crippen MR) is 103 cm³/mol. The first-order valence-electron chi connectivity index (χ1n) is 7.84. The molecule has 0 saturated carbocycles. The Kier molecular flexibility index (Phi) is 7.10. The van der Waals surface area contributed by atoms with E-state index in [4.69, 9.17) is 4.74 Å². The van der Waals surface area contributed by atoms with Crippen LogP contribution in [0.2, 0.25) is 0 Å². The van der Waals surface area contributed by atoms with Crippen molar-refractivity contribution in [3.63, 3.8) is 0 Å². The summed E-state index contributed by atoms with van der Waals surface area (Å²) >= 11 is 0. The van der Waals surface area contributed by atoms with Crippen LogP contribution in [0.3, 0.4) is 0 Å². The highest BCUT2D eigenvalue weighted by molar-refractivity contribution is 14.0. The average molecular weight is 429 g/mol. The standard InChI is InChI=1S/C16H23N5O.HI/c1-17-16(19-11-14-5-4-10-22-14)18-8-7-13-12-21-9-3-2-6-15(21)20-13;/h2-3,6,9,12,14H,4-5,7-8,10-11H2,1H3,(H2,17,18,19);1H. The lowest BCUT2D eigenvalue weighted by atomic mass is 10.2. The molecule has 1 aliphatic heterocycles. The summed E-state index contributed by atoms with van der Waals surface area (Å²) in [6.07, 6.45) is 7.55. The zero-order valence-corrected chi connectivity index (χ0v) is 15.7. The highest BCUT2D eigenvalue weighted by atomic mass is 127. The van der Waals surface area contributed by atoms with Crippen LogP contribution in [0.5, 0.6) is 0 Å². The van der Waals surface area contributed by atoms with Crippen LogP contribution in [0.15, 0.2) is 35.6 Å². The molecule has 3 rings (SSSR count). The molecule has 1 atom stereocenters. The van der Waals surface area contributed by atoms with Gasteiger partial charge in [0.25, 0.3) is 0 Å². The van der Waals surface area contributed by atoms with Crippen LogP contribution in [0.4, 0.5) is 0 Å². The molecule has 0 amide bonds. The summed E-state index contributed by atoms with van der Waals surface area (Å²) in [6, 6.07) is 6.02. The van der Waals surface area contributed by atoms with Gasteiger partial charge in [0.2, 0.25) is 0 Å². The summed E-state index contributed by atoms with van der Waals surface area (Å²) in [5, 5.41) is 6.63. The fourth-order valence-electron chi connectivity index (χ4n) is 2.65. The Morgan fingerprint density at radius 1 is 1.43 bits per heavy atom. The Morgan fingerprint density at radius 3 is 3.09 bits per heavy atom. The summed E-state index contributed by atoms with van der Waals surface area (Å²) in [4.78, 5) is 8.82. The minimum atomic E-state index is 0. The van der Waals surface area contributed by atoms with Gasteiger partial charge in [0, 0.05) is 45.6 Å². The first-order valence-corrected chi connectivity index (χ1v) is 7.84. The van der Waals surface area contributed by atoms with E-state index >= 15 is 0 Å². The number of ether oxygens (including phenoxy) is 1. The largest absolute Gasteiger partial charge is 0.376 e. The molecule has 126 valence electrons. The monoisotopic (exact) mass is 429 g/mol. The van der Waals surface area contributed by atoms with Crippen molar-refractivity contribution in [3.05, 3.63) is 36.3 Å². The third-order valence-electron chi connectivity index (χ3n) is 3.83. The second kappa shape index (κ2) is 9.07. The average Bonchev–Trinajstić information content (AvgIpc) is 3.19. The number of guanidine groups is 1. The molecule has 0 bridgehead atoms. The van der Waals surface area contributed by atoms with Crippen LogP contribution in [0.25, 0.3) is 5.65 Å². The molecule has 0 aromatic carbocycles. The first-order chi connectivity index (χ1) is 10.8. The van der Waals surface area contributed by atoms with Crippen LogP contribution >= 0.6 is 24.0 Å². The molecule has 0 aliphatic carbocycles. The van der Waals surface area contributed by atoms with E-state index in [0.717, 1.165) is 56.3 Å². The molecule has 2 N–H and O–H groups in total. The Hall–Kier alpha value is -1.35. The van der Waals surface area contributed by atoms with Crippen molar-refractivity contribution in [2.75, 3.05) is 26.7 Å². The maximum Gasteiger partial charge on any atom is 0.191 e. The predicted octanol–water partition coefficient (Wildman–Crippen LogP) is 1.84. The van der Waals surface area contributed by atoms with Gasteiger partial charge < -0.3 is 19.8 Å². The lowest BCUT2D eigenvalue weighted by Gasteiger charge is -2.14. The number of hydrogen-bond donors (Lipinski definition) is 2. The van der Waals surface area contributed by atoms with E-state index in [-0.39, 0.29) is 24.0 Å². The fourth-order valence-corrected chi connectivity index (χ4v) is 2.65. The van der Waals surface area contributed by atoms with Gasteiger partial charge in [-0.2, -0.15) is 0 Å². The number of nitrogens with zero attached hydrogens (tertiary/aromatic N) is 3. The molecule has 2 aromatic rings. The minimum Gasteiger partial charge on any atom is -0.376 e. The number of nitrogens with one attached hydrogen (secondary N) is 2. The molecule has 0 radical (unpaired) electrons. The van der Waals surface area contributed by atoms with Gasteiger partial charge in [0.1, 0.15) is 5.65 Å². The minimum absolute atomic E-state index is 0. The highest BCUT2D eigenvalue weighted by Crippen LogP contribution is 2.10. The number of pyridine rings is 1. The Labute approximate surface area is 153 Å². The zero-order valence-electron chi connectivity index (χ0n) is 13.4. The molecule has 1 fully saturated rings. The molecular formula is C16H24IN5O. The van der Waals surface area contributed by atoms with Crippen molar-refractivity contribution in [1.29, 1.82) is 0 Å². The van der Waals surface area contributed by atoms with Crippen LogP contribution in [-0.2, 0) is 11.2 Å². The van der Waals surface area contributed by atoms with Gasteiger partial charge in [-0.1, -0.05) is 6.07 Å². The van der Waals surface area contributed by atoms with E-state index in [0.29, 0.717) is 6.10 Å². The first kappa shape index (κ1) is 18.0. The number of rotatable bonds is 5. The van der Waals surface area contributed by atoms with Crippen molar-refractivity contribution in [2.24, 2.45) is 4.99 Å². The van der Waals surface area contributed by atoms with Crippen LogP contribution in [-0.4, -0.2) is 48.2 Å². The smallest absolute Gasteiger partial charge is 0.191 e. The summed E-state index contributed by atoms with van der Waals surface area (Å²) in [5.41, 5.74) is 2.06. The van der Waals surface area contributed by atoms with E-state index < -0.39 is 0 Å². The normalized spacial score (nSPS) is 18.0. The van der Waals surface area contributed by atoms with Crippen LogP contribution < -0.4 is 10.6 Å². The maximum atomic E-state index is 5.60. The second-order valence-electron chi connectivity index (χ2n) is 5.46. The third-order valence-corrected chi connectivity index (χ3v) is 3.83. The number of hydrogen-bond acceptors (Lipinski definition) is 3. The van der Waals surface area contributed by atoms with Gasteiger partial charge in [0.15, 0.2) is 5.96 Å². The van der Waals surface area contributed by atoms with Gasteiger partial charge in [0.05, 0.1) is 11.8 Å². The van der Waals surface area contributed by atoms with E-state index in [9.17, 15) is 0 Å². The lowest BCUT2D eigenvalue weighted by molar-refractivity contribution is 0.114. The highest BCUT2D eigenvalue weighted by Gasteiger charge is 2.15. The molecule has 1 saturated heterocycles. The van der Waals surface area contributed by atoms with Crippen molar-refractivity contribution < 1.29 is 4.74 Å². The van der Waals surface area contributed by atoms with Gasteiger partial charge in [-0.3, -0.25) is 4.99 Å². The summed E-state index contributed by atoms with van der Waals surface area (Å²) in [5.74, 6) is 0.819. The Morgan fingerprint density at radius 2 is 2.35 bits per heavy atom. The van der Waals surface area contributed by atoms with E-state index in [1.807, 2.05) is 28.8 Å². The fraction of sp³-hybridized carbons (Fsp3) is 0.500. The van der Waals surface area contributed by atoms with Crippen molar-refractivity contribution >= 4 is 35.6 Å². The Balaban J connectivity index is 0.00000192. The summed E-state index contributed by atoms with van der Waals surface area (Å²) in [7, 11) is 1.79. The van der Waals surface area contributed by atoms with Crippen LogP contribution in [0.1, 0.15) is 18.5 Å². The Bertz CT molecular complexity index is 603. The van der Waals surface area contributed by atoms with Gasteiger partial charge in [-0.15, -0.1) is 24.0 Å². The third kappa shape index (κ3) is 5.07. The SMILES string of the molecule is CN=C(NCCc1cn2ccccc2n1)NCC1CCCO1.I. The van der Waals surface area contributed by atoms with Crippen molar-refractivity contribution in [1.82, 2.24) is 20.0 Å². The maximum absolute atomic E-state index is 5.60. The molecule has 3 heterocycles. The number of aromatic nitrogens is 2. The van der Waals surface area contributed by atoms with E-state index in [1.54, 1.807) is 7.05 Å². The van der Waals surface area contributed by atoms with Gasteiger partial charge >= 0.3 is 0 Å². The van der Waals surface area contributed by atoms with Gasteiger partial charge in [-0.25, -0.2) is 4.98 Å². The molecule has 7 heteroatoms. The number of aliphatic imine (C=N–C) groups is 1. The molecular weight excluding hydrogens is 405 g/mol. The molecule has 23 heavy (non-hydrogen) atoms. The molecule has 1 unspecified atom stereocenters. The quantitative estimate of drug-likeness (QED) is 0.433. The van der Waals surface area contributed by atoms with Gasteiger partial charge in [-0.05, 0) is 25.0 Å². The zero-order chi connectivity index (χ0) is 15.2. The number of fused-ring (bicyclic) bond motifs is 1. The number of halogens is 1. The molecule has 6 nitrogen and oxygen atoms in total.